The first-order valence-corrected chi connectivity index (χ1v) is 6.32. The van der Waals surface area contributed by atoms with Crippen LogP contribution in [0.25, 0.3) is 0 Å². The van der Waals surface area contributed by atoms with E-state index in [0.29, 0.717) is 15.7 Å². The summed E-state index contributed by atoms with van der Waals surface area (Å²) in [6, 6.07) is 7.86. The molecule has 0 unspecified atom stereocenters. The first-order valence-electron chi connectivity index (χ1n) is 5.53. The van der Waals surface area contributed by atoms with E-state index in [0.717, 1.165) is 0 Å². The molecule has 102 valence electrons. The van der Waals surface area contributed by atoms with Crippen LogP contribution < -0.4 is 11.1 Å². The molecule has 0 saturated heterocycles. The molecule has 0 bridgehead atoms. The summed E-state index contributed by atoms with van der Waals surface area (Å²) < 4.78 is 0.561. The van der Waals surface area contributed by atoms with E-state index in [9.17, 15) is 9.59 Å². The number of hydrogen-bond acceptors (Lipinski definition) is 4. The Morgan fingerprint density at radius 3 is 2.70 bits per heavy atom. The largest absolute Gasteiger partial charge is 0.478 e. The fraction of sp³-hybridized carbons (Fsp3) is 0. The molecule has 7 heteroatoms. The van der Waals surface area contributed by atoms with Gasteiger partial charge >= 0.3 is 5.97 Å². The van der Waals surface area contributed by atoms with Gasteiger partial charge < -0.3 is 16.2 Å². The zero-order valence-electron chi connectivity index (χ0n) is 10.1. The van der Waals surface area contributed by atoms with Crippen LogP contribution in [0, 0.1) is 0 Å². The molecule has 1 aromatic heterocycles. The molecule has 0 aliphatic rings. The van der Waals surface area contributed by atoms with Crippen LogP contribution in [0.4, 0.5) is 11.5 Å². The number of halogens is 1. The van der Waals surface area contributed by atoms with Crippen molar-refractivity contribution in [2.45, 2.75) is 0 Å². The molecular weight excluding hydrogens is 326 g/mol. The van der Waals surface area contributed by atoms with Gasteiger partial charge in [0, 0.05) is 21.9 Å². The number of benzene rings is 1. The molecule has 0 radical (unpaired) electrons. The van der Waals surface area contributed by atoms with Gasteiger partial charge in [0.2, 0.25) is 5.91 Å². The summed E-state index contributed by atoms with van der Waals surface area (Å²) >= 11 is 3.17. The molecule has 0 saturated carbocycles. The van der Waals surface area contributed by atoms with E-state index in [1.165, 1.54) is 18.3 Å². The first kappa shape index (κ1) is 14.0. The number of carbonyl (C=O) groups excluding carboxylic acids is 1. The van der Waals surface area contributed by atoms with Gasteiger partial charge in [-0.15, -0.1) is 0 Å². The Morgan fingerprint density at radius 1 is 1.30 bits per heavy atom. The third kappa shape index (κ3) is 3.12. The van der Waals surface area contributed by atoms with Gasteiger partial charge in [0.25, 0.3) is 0 Å². The lowest BCUT2D eigenvalue weighted by atomic mass is 10.2. The Bertz CT molecular complexity index is 688. The number of rotatable bonds is 4. The van der Waals surface area contributed by atoms with Crippen molar-refractivity contribution < 1.29 is 14.7 Å². The number of primary amides is 1. The Balaban J connectivity index is 2.37. The lowest BCUT2D eigenvalue weighted by molar-refractivity contribution is 0.0697. The average molecular weight is 336 g/mol. The quantitative estimate of drug-likeness (QED) is 0.795. The maximum Gasteiger partial charge on any atom is 0.339 e. The molecule has 2 aromatic rings. The van der Waals surface area contributed by atoms with Crippen LogP contribution in [-0.4, -0.2) is 22.0 Å². The van der Waals surface area contributed by atoms with Crippen molar-refractivity contribution >= 4 is 39.3 Å². The molecule has 0 aliphatic carbocycles. The maximum absolute atomic E-state index is 11.2. The molecule has 2 rings (SSSR count). The maximum atomic E-state index is 11.2. The summed E-state index contributed by atoms with van der Waals surface area (Å²) in [6.07, 6.45) is 1.48. The molecule has 0 atom stereocenters. The monoisotopic (exact) mass is 335 g/mol. The van der Waals surface area contributed by atoms with Crippen LogP contribution >= 0.6 is 15.9 Å². The van der Waals surface area contributed by atoms with Crippen LogP contribution in [0.15, 0.2) is 41.0 Å². The second-order valence-electron chi connectivity index (χ2n) is 3.92. The normalized spacial score (nSPS) is 10.1. The Morgan fingerprint density at radius 2 is 2.05 bits per heavy atom. The number of nitrogens with one attached hydrogen (secondary N) is 1. The molecule has 1 aromatic carbocycles. The fourth-order valence-corrected chi connectivity index (χ4v) is 1.92. The van der Waals surface area contributed by atoms with Gasteiger partial charge in [0.05, 0.1) is 0 Å². The number of carbonyl (C=O) groups is 2. The molecule has 20 heavy (non-hydrogen) atoms. The lowest BCUT2D eigenvalue weighted by Gasteiger charge is -2.09. The molecule has 1 heterocycles. The van der Waals surface area contributed by atoms with Crippen molar-refractivity contribution in [1.82, 2.24) is 4.98 Å². The molecule has 1 amide bonds. The molecule has 4 N–H and O–H groups in total. The lowest BCUT2D eigenvalue weighted by Crippen LogP contribution is -2.11. The Kier molecular flexibility index (Phi) is 3.99. The highest BCUT2D eigenvalue weighted by atomic mass is 79.9. The van der Waals surface area contributed by atoms with Crippen molar-refractivity contribution in [3.8, 4) is 0 Å². The number of hydrogen-bond donors (Lipinski definition) is 3. The minimum absolute atomic E-state index is 0.0175. The third-order valence-electron chi connectivity index (χ3n) is 2.49. The summed E-state index contributed by atoms with van der Waals surface area (Å²) in [5.74, 6) is -1.48. The Hall–Kier alpha value is -2.41. The number of amides is 1. The van der Waals surface area contributed by atoms with Crippen LogP contribution in [-0.2, 0) is 0 Å². The second-order valence-corrected chi connectivity index (χ2v) is 4.84. The zero-order valence-corrected chi connectivity index (χ0v) is 11.7. The van der Waals surface area contributed by atoms with Gasteiger partial charge in [-0.05, 0) is 40.2 Å². The van der Waals surface area contributed by atoms with Crippen molar-refractivity contribution in [3.63, 3.8) is 0 Å². The molecule has 6 nitrogen and oxygen atoms in total. The number of pyridine rings is 1. The second kappa shape index (κ2) is 5.70. The number of nitrogens with zero attached hydrogens (tertiary/aromatic N) is 1. The van der Waals surface area contributed by atoms with E-state index >= 15 is 0 Å². The van der Waals surface area contributed by atoms with E-state index in [1.807, 2.05) is 0 Å². The zero-order chi connectivity index (χ0) is 14.7. The van der Waals surface area contributed by atoms with Crippen LogP contribution in [0.2, 0.25) is 0 Å². The number of anilines is 2. The van der Waals surface area contributed by atoms with E-state index in [-0.39, 0.29) is 11.4 Å². The number of carboxylic acid groups (broad SMARTS) is 1. The summed E-state index contributed by atoms with van der Waals surface area (Å²) in [4.78, 5) is 26.3. The molecule has 0 spiro atoms. The summed E-state index contributed by atoms with van der Waals surface area (Å²) in [7, 11) is 0. The number of nitrogens with two attached hydrogens (primary N) is 1. The molecule has 0 aliphatic heterocycles. The highest BCUT2D eigenvalue weighted by Crippen LogP contribution is 2.22. The highest BCUT2D eigenvalue weighted by Gasteiger charge is 2.12. The van der Waals surface area contributed by atoms with Crippen LogP contribution in [0.1, 0.15) is 20.7 Å². The first-order chi connectivity index (χ1) is 9.47. The van der Waals surface area contributed by atoms with E-state index in [4.69, 9.17) is 10.8 Å². The van der Waals surface area contributed by atoms with E-state index in [1.54, 1.807) is 18.2 Å². The van der Waals surface area contributed by atoms with E-state index in [2.05, 4.69) is 26.2 Å². The predicted molar refractivity (Wildman–Crippen MR) is 77.1 cm³/mol. The van der Waals surface area contributed by atoms with E-state index < -0.39 is 11.9 Å². The smallest absolute Gasteiger partial charge is 0.339 e. The summed E-state index contributed by atoms with van der Waals surface area (Å²) in [5.41, 5.74) is 6.06. The predicted octanol–water partition coefficient (Wildman–Crippen LogP) is 2.38. The van der Waals surface area contributed by atoms with Gasteiger partial charge in [-0.3, -0.25) is 4.79 Å². The number of aromatic carboxylic acids is 1. The SMILES string of the molecule is NC(=O)c1cccc(Nc2ncc(Br)cc2C(=O)O)c1. The van der Waals surface area contributed by atoms with Crippen LogP contribution in [0.5, 0.6) is 0 Å². The summed E-state index contributed by atoms with van der Waals surface area (Å²) in [5, 5.41) is 12.0. The number of aromatic nitrogens is 1. The van der Waals surface area contributed by atoms with Gasteiger partial charge in [0.15, 0.2) is 0 Å². The molecule has 0 fully saturated rings. The fourth-order valence-electron chi connectivity index (χ4n) is 1.59. The minimum Gasteiger partial charge on any atom is -0.478 e. The molecular formula is C13H10BrN3O3. The Labute approximate surface area is 122 Å². The van der Waals surface area contributed by atoms with Crippen molar-refractivity contribution in [3.05, 3.63) is 52.1 Å². The van der Waals surface area contributed by atoms with Gasteiger partial charge in [0.1, 0.15) is 11.4 Å². The topological polar surface area (TPSA) is 105 Å². The number of carboxylic acids is 1. The van der Waals surface area contributed by atoms with Crippen LogP contribution in [0.3, 0.4) is 0 Å². The summed E-state index contributed by atoms with van der Waals surface area (Å²) in [6.45, 7) is 0. The van der Waals surface area contributed by atoms with Crippen molar-refractivity contribution in [2.75, 3.05) is 5.32 Å². The highest BCUT2D eigenvalue weighted by molar-refractivity contribution is 9.10. The van der Waals surface area contributed by atoms with Crippen molar-refractivity contribution in [1.29, 1.82) is 0 Å². The van der Waals surface area contributed by atoms with Gasteiger partial charge in [-0.1, -0.05) is 6.07 Å². The van der Waals surface area contributed by atoms with Gasteiger partial charge in [-0.25, -0.2) is 9.78 Å². The minimum atomic E-state index is -1.10. The van der Waals surface area contributed by atoms with Gasteiger partial charge in [-0.2, -0.15) is 0 Å². The third-order valence-corrected chi connectivity index (χ3v) is 2.93. The average Bonchev–Trinajstić information content (AvgIpc) is 2.41. The van der Waals surface area contributed by atoms with Crippen molar-refractivity contribution in [2.24, 2.45) is 5.73 Å². The standard InChI is InChI=1S/C13H10BrN3O3/c14-8-5-10(13(19)20)12(16-6-8)17-9-3-1-2-7(4-9)11(15)18/h1-6H,(H2,15,18)(H,16,17)(H,19,20).